The summed E-state index contributed by atoms with van der Waals surface area (Å²) in [6, 6.07) is 65.1. The van der Waals surface area contributed by atoms with Crippen molar-refractivity contribution in [3.8, 4) is 22.5 Å². The molecule has 1 saturated carbocycles. The maximum atomic E-state index is 2.50. The lowest BCUT2D eigenvalue weighted by Gasteiger charge is -2.18. The highest BCUT2D eigenvalue weighted by atomic mass is 15.0. The Labute approximate surface area is 307 Å². The number of allylic oxidation sites excluding steroid dienone is 1. The van der Waals surface area contributed by atoms with E-state index in [9.17, 15) is 0 Å². The topological polar surface area (TPSA) is 9.86 Å². The number of para-hydroxylation sites is 2. The Morgan fingerprint density at radius 1 is 0.396 bits per heavy atom. The Balaban J connectivity index is 1.05. The number of fused-ring (bicyclic) bond motifs is 11. The van der Waals surface area contributed by atoms with Crippen molar-refractivity contribution in [2.45, 2.75) is 12.3 Å². The molecule has 2 heterocycles. The molecule has 2 unspecified atom stereocenters. The summed E-state index contributed by atoms with van der Waals surface area (Å²) in [5, 5.41) is 7.67. The fourth-order valence-electron chi connectivity index (χ4n) is 9.50. The normalized spacial score (nSPS) is 16.3. The Kier molecular flexibility index (Phi) is 5.98. The van der Waals surface area contributed by atoms with E-state index < -0.39 is 0 Å². The first kappa shape index (κ1) is 29.0. The van der Waals surface area contributed by atoms with Gasteiger partial charge in [0.05, 0.1) is 22.1 Å². The van der Waals surface area contributed by atoms with Crippen LogP contribution in [0.25, 0.3) is 88.5 Å². The summed E-state index contributed by atoms with van der Waals surface area (Å²) in [5.74, 6) is 1.21. The van der Waals surface area contributed by atoms with Crippen molar-refractivity contribution in [1.82, 2.24) is 9.13 Å². The van der Waals surface area contributed by atoms with Crippen LogP contribution in [0.4, 0.5) is 0 Å². The van der Waals surface area contributed by atoms with Crippen molar-refractivity contribution in [1.29, 1.82) is 0 Å². The summed E-state index contributed by atoms with van der Waals surface area (Å²) in [6.45, 7) is 0. The van der Waals surface area contributed by atoms with Gasteiger partial charge in [-0.2, -0.15) is 0 Å². The number of hydrogen-bond donors (Lipinski definition) is 0. The molecule has 0 aliphatic heterocycles. The van der Waals surface area contributed by atoms with Crippen molar-refractivity contribution < 1.29 is 0 Å². The van der Waals surface area contributed by atoms with Crippen LogP contribution in [-0.2, 0) is 0 Å². The molecular formula is C51H34N2. The van der Waals surface area contributed by atoms with Crippen LogP contribution in [0.1, 0.15) is 29.0 Å². The van der Waals surface area contributed by atoms with Gasteiger partial charge in [-0.25, -0.2) is 0 Å². The average molecular weight is 675 g/mol. The van der Waals surface area contributed by atoms with Crippen molar-refractivity contribution in [2.75, 3.05) is 0 Å². The Bertz CT molecular complexity index is 3140. The van der Waals surface area contributed by atoms with Crippen LogP contribution < -0.4 is 0 Å². The predicted octanol–water partition coefficient (Wildman–Crippen LogP) is 13.4. The number of aromatic nitrogens is 2. The van der Waals surface area contributed by atoms with Gasteiger partial charge in [0.1, 0.15) is 0 Å². The second kappa shape index (κ2) is 10.9. The molecule has 0 saturated heterocycles. The van der Waals surface area contributed by atoms with Crippen LogP contribution in [0.3, 0.4) is 0 Å². The summed E-state index contributed by atoms with van der Waals surface area (Å²) < 4.78 is 4.97. The van der Waals surface area contributed by atoms with Gasteiger partial charge in [-0.3, -0.25) is 0 Å². The van der Waals surface area contributed by atoms with E-state index in [1.54, 1.807) is 0 Å². The molecule has 1 fully saturated rings. The monoisotopic (exact) mass is 674 g/mol. The van der Waals surface area contributed by atoms with Crippen LogP contribution >= 0.6 is 0 Å². The second-order valence-corrected chi connectivity index (χ2v) is 14.9. The summed E-state index contributed by atoms with van der Waals surface area (Å²) in [7, 11) is 0. The van der Waals surface area contributed by atoms with E-state index in [-0.39, 0.29) is 0 Å². The lowest BCUT2D eigenvalue weighted by Crippen LogP contribution is -2.01. The molecule has 8 aromatic carbocycles. The van der Waals surface area contributed by atoms with Gasteiger partial charge in [0, 0.05) is 32.9 Å². The summed E-state index contributed by atoms with van der Waals surface area (Å²) >= 11 is 0. The lowest BCUT2D eigenvalue weighted by atomic mass is 9.88. The minimum atomic E-state index is 0.592. The van der Waals surface area contributed by atoms with Crippen molar-refractivity contribution in [2.24, 2.45) is 5.92 Å². The average Bonchev–Trinajstić information content (AvgIpc) is 3.87. The molecule has 248 valence electrons. The molecule has 53 heavy (non-hydrogen) atoms. The molecule has 0 bridgehead atoms. The quantitative estimate of drug-likeness (QED) is 0.176. The van der Waals surface area contributed by atoms with Crippen LogP contribution in [0.15, 0.2) is 176 Å². The predicted molar refractivity (Wildman–Crippen MR) is 223 cm³/mol. The maximum absolute atomic E-state index is 2.50. The van der Waals surface area contributed by atoms with E-state index in [1.165, 1.54) is 106 Å². The molecule has 2 aliphatic carbocycles. The van der Waals surface area contributed by atoms with Gasteiger partial charge in [0.25, 0.3) is 0 Å². The minimum Gasteiger partial charge on any atom is -0.309 e. The minimum absolute atomic E-state index is 0.592. The number of rotatable bonds is 4. The van der Waals surface area contributed by atoms with Gasteiger partial charge in [0.15, 0.2) is 0 Å². The van der Waals surface area contributed by atoms with E-state index in [1.807, 2.05) is 0 Å². The zero-order valence-electron chi connectivity index (χ0n) is 29.1. The third-order valence-corrected chi connectivity index (χ3v) is 12.0. The van der Waals surface area contributed by atoms with Crippen molar-refractivity contribution in [3.05, 3.63) is 193 Å². The highest BCUT2D eigenvalue weighted by Crippen LogP contribution is 2.59. The number of hydrogen-bond acceptors (Lipinski definition) is 0. The van der Waals surface area contributed by atoms with Crippen LogP contribution in [0.2, 0.25) is 0 Å². The van der Waals surface area contributed by atoms with Gasteiger partial charge in [-0.15, -0.1) is 0 Å². The van der Waals surface area contributed by atoms with E-state index in [2.05, 4.69) is 191 Å². The fraction of sp³-hybridized carbons (Fsp3) is 0.0588. The highest BCUT2D eigenvalue weighted by Gasteiger charge is 2.44. The van der Waals surface area contributed by atoms with Crippen molar-refractivity contribution >= 4 is 66.0 Å². The van der Waals surface area contributed by atoms with Crippen LogP contribution in [-0.4, -0.2) is 9.13 Å². The first-order valence-corrected chi connectivity index (χ1v) is 18.7. The maximum Gasteiger partial charge on any atom is 0.0548 e. The highest BCUT2D eigenvalue weighted by molar-refractivity contribution is 6.29. The van der Waals surface area contributed by atoms with Gasteiger partial charge in [0.2, 0.25) is 0 Å². The molecule has 2 aliphatic rings. The summed E-state index contributed by atoms with van der Waals surface area (Å²) in [6.07, 6.45) is 3.68. The molecule has 0 N–H and O–H groups in total. The van der Waals surface area contributed by atoms with Crippen LogP contribution in [0, 0.1) is 5.92 Å². The number of benzene rings is 8. The molecule has 0 amide bonds. The van der Waals surface area contributed by atoms with Gasteiger partial charge in [-0.05, 0) is 117 Å². The van der Waals surface area contributed by atoms with Crippen molar-refractivity contribution in [3.63, 3.8) is 0 Å². The molecule has 2 aromatic heterocycles. The molecule has 10 aromatic rings. The van der Waals surface area contributed by atoms with E-state index >= 15 is 0 Å². The molecule has 2 atom stereocenters. The fourth-order valence-corrected chi connectivity index (χ4v) is 9.50. The Hall–Kier alpha value is -6.64. The zero-order chi connectivity index (χ0) is 34.6. The largest absolute Gasteiger partial charge is 0.309 e. The third-order valence-electron chi connectivity index (χ3n) is 12.0. The number of nitrogens with zero attached hydrogens (tertiary/aromatic N) is 2. The first-order valence-electron chi connectivity index (χ1n) is 18.7. The van der Waals surface area contributed by atoms with Gasteiger partial charge < -0.3 is 9.13 Å². The SMILES string of the molecule is C1=C(c2ccccc2)C2CC2c2cc(-n3c4ccccc4c4c5c6ccccc6n(-c6ccc7cc(-c8ccccc8)ccc7c6)c5ccc43)ccc21. The summed E-state index contributed by atoms with van der Waals surface area (Å²) in [5.41, 5.74) is 15.6. The second-order valence-electron chi connectivity index (χ2n) is 14.9. The molecule has 0 radical (unpaired) electrons. The Morgan fingerprint density at radius 3 is 1.66 bits per heavy atom. The summed E-state index contributed by atoms with van der Waals surface area (Å²) in [4.78, 5) is 0. The lowest BCUT2D eigenvalue weighted by molar-refractivity contribution is 1.00. The van der Waals surface area contributed by atoms with Gasteiger partial charge in [-0.1, -0.05) is 127 Å². The molecule has 2 heteroatoms. The van der Waals surface area contributed by atoms with E-state index in [4.69, 9.17) is 0 Å². The van der Waals surface area contributed by atoms with Gasteiger partial charge >= 0.3 is 0 Å². The Morgan fingerprint density at radius 2 is 0.962 bits per heavy atom. The molecular weight excluding hydrogens is 641 g/mol. The first-order chi connectivity index (χ1) is 26.3. The molecule has 0 spiro atoms. The third kappa shape index (κ3) is 4.27. The van der Waals surface area contributed by atoms with Crippen LogP contribution in [0.5, 0.6) is 0 Å². The smallest absolute Gasteiger partial charge is 0.0548 e. The van der Waals surface area contributed by atoms with E-state index in [0.717, 1.165) is 0 Å². The zero-order valence-corrected chi connectivity index (χ0v) is 29.1. The molecule has 2 nitrogen and oxygen atoms in total. The molecule has 12 rings (SSSR count). The van der Waals surface area contributed by atoms with E-state index in [0.29, 0.717) is 11.8 Å². The standard InChI is InChI=1S/C51H34N2/c1-3-11-32(12-4-1)34-19-20-36-28-38(23-21-35(36)27-34)52-46-17-9-7-15-40(46)50-48(52)25-26-49-51(50)41-16-8-10-18-47(41)53(49)39-24-22-37-29-42(33-13-5-2-6-14-33)44-31-45(44)43(37)30-39/h1-30,44-45H,31H2.